The molecule has 3 nitrogen and oxygen atoms in total. The van der Waals surface area contributed by atoms with Crippen LogP contribution in [0.1, 0.15) is 25.7 Å². The van der Waals surface area contributed by atoms with E-state index in [1.54, 1.807) is 0 Å². The van der Waals surface area contributed by atoms with E-state index in [0.29, 0.717) is 12.0 Å². The van der Waals surface area contributed by atoms with Crippen LogP contribution in [0.2, 0.25) is 0 Å². The average Bonchev–Trinajstić information content (AvgIpc) is 3.25. The van der Waals surface area contributed by atoms with E-state index in [0.717, 1.165) is 43.9 Å². The number of rotatable bonds is 7. The first-order valence-corrected chi connectivity index (χ1v) is 7.09. The van der Waals surface area contributed by atoms with Gasteiger partial charge in [-0.25, -0.2) is 8.78 Å². The van der Waals surface area contributed by atoms with Gasteiger partial charge >= 0.3 is 0 Å². The average molecular weight is 283 g/mol. The van der Waals surface area contributed by atoms with Crippen molar-refractivity contribution in [2.75, 3.05) is 13.2 Å². The van der Waals surface area contributed by atoms with Crippen molar-refractivity contribution in [2.24, 2.45) is 5.92 Å². The minimum atomic E-state index is -0.656. The molecular formula is C15H19F2NO2. The van der Waals surface area contributed by atoms with Crippen LogP contribution in [0.3, 0.4) is 0 Å². The van der Waals surface area contributed by atoms with Crippen molar-refractivity contribution in [1.29, 1.82) is 0 Å². The van der Waals surface area contributed by atoms with E-state index in [4.69, 9.17) is 4.74 Å². The van der Waals surface area contributed by atoms with Crippen molar-refractivity contribution >= 4 is 0 Å². The third-order valence-corrected chi connectivity index (χ3v) is 4.04. The predicted molar refractivity (Wildman–Crippen MR) is 70.6 cm³/mol. The van der Waals surface area contributed by atoms with E-state index < -0.39 is 17.2 Å². The maximum Gasteiger partial charge on any atom is 0.129 e. The number of aliphatic hydroxyl groups is 1. The summed E-state index contributed by atoms with van der Waals surface area (Å²) in [7, 11) is 0. The Morgan fingerprint density at radius 3 is 2.30 bits per heavy atom. The highest BCUT2D eigenvalue weighted by molar-refractivity contribution is 5.24. The van der Waals surface area contributed by atoms with Crippen molar-refractivity contribution in [3.63, 3.8) is 0 Å². The fraction of sp³-hybridized carbons (Fsp3) is 0.600. The van der Waals surface area contributed by atoms with Gasteiger partial charge in [0.05, 0.1) is 12.1 Å². The van der Waals surface area contributed by atoms with Gasteiger partial charge in [0.2, 0.25) is 0 Å². The molecule has 1 unspecified atom stereocenters. The number of aliphatic hydroxyl groups excluding tert-OH is 1. The topological polar surface area (TPSA) is 41.5 Å². The van der Waals surface area contributed by atoms with Crippen molar-refractivity contribution in [3.05, 3.63) is 29.8 Å². The van der Waals surface area contributed by atoms with Gasteiger partial charge in [-0.3, -0.25) is 0 Å². The van der Waals surface area contributed by atoms with Crippen LogP contribution in [0.5, 0.6) is 5.75 Å². The minimum absolute atomic E-state index is 0.0219. The highest BCUT2D eigenvalue weighted by atomic mass is 19.1. The van der Waals surface area contributed by atoms with Gasteiger partial charge in [-0.05, 0) is 31.6 Å². The molecule has 0 heterocycles. The molecule has 0 saturated heterocycles. The van der Waals surface area contributed by atoms with E-state index in [1.807, 2.05) is 0 Å². The SMILES string of the molecule is OCC(COc1cc(F)cc(F)c1)(NC1CC1)C1CC1. The number of ether oxygens (including phenoxy) is 1. The van der Waals surface area contributed by atoms with Gasteiger partial charge in [0, 0.05) is 24.2 Å². The highest BCUT2D eigenvalue weighted by Crippen LogP contribution is 2.41. The Labute approximate surface area is 116 Å². The highest BCUT2D eigenvalue weighted by Gasteiger charge is 2.48. The Morgan fingerprint density at radius 2 is 1.80 bits per heavy atom. The zero-order valence-electron chi connectivity index (χ0n) is 11.2. The molecule has 2 aliphatic rings. The van der Waals surface area contributed by atoms with Crippen LogP contribution in [-0.2, 0) is 0 Å². The maximum atomic E-state index is 13.1. The van der Waals surface area contributed by atoms with Crippen LogP contribution in [0, 0.1) is 17.6 Å². The molecular weight excluding hydrogens is 264 g/mol. The molecule has 1 aromatic rings. The molecule has 0 radical (unpaired) electrons. The summed E-state index contributed by atoms with van der Waals surface area (Å²) in [5.41, 5.74) is -0.482. The largest absolute Gasteiger partial charge is 0.491 e. The number of hydrogen-bond donors (Lipinski definition) is 2. The van der Waals surface area contributed by atoms with Gasteiger partial charge in [0.1, 0.15) is 24.0 Å². The lowest BCUT2D eigenvalue weighted by Crippen LogP contribution is -2.56. The van der Waals surface area contributed by atoms with E-state index >= 15 is 0 Å². The molecule has 20 heavy (non-hydrogen) atoms. The summed E-state index contributed by atoms with van der Waals surface area (Å²) in [4.78, 5) is 0. The first-order chi connectivity index (χ1) is 9.61. The van der Waals surface area contributed by atoms with Crippen molar-refractivity contribution in [1.82, 2.24) is 5.32 Å². The molecule has 0 bridgehead atoms. The summed E-state index contributed by atoms with van der Waals surface area (Å²) < 4.78 is 31.8. The van der Waals surface area contributed by atoms with Crippen molar-refractivity contribution in [3.8, 4) is 5.75 Å². The van der Waals surface area contributed by atoms with Gasteiger partial charge in [-0.1, -0.05) is 0 Å². The zero-order valence-corrected chi connectivity index (χ0v) is 11.2. The Balaban J connectivity index is 1.69. The molecule has 1 aromatic carbocycles. The minimum Gasteiger partial charge on any atom is -0.491 e. The van der Waals surface area contributed by atoms with Gasteiger partial charge in [0.25, 0.3) is 0 Å². The second-order valence-electron chi connectivity index (χ2n) is 5.90. The monoisotopic (exact) mass is 283 g/mol. The van der Waals surface area contributed by atoms with Gasteiger partial charge < -0.3 is 15.2 Å². The van der Waals surface area contributed by atoms with Gasteiger partial charge in [0.15, 0.2) is 0 Å². The maximum absolute atomic E-state index is 13.1. The van der Waals surface area contributed by atoms with Gasteiger partial charge in [-0.2, -0.15) is 0 Å². The molecule has 0 spiro atoms. The van der Waals surface area contributed by atoms with Crippen molar-refractivity contribution in [2.45, 2.75) is 37.3 Å². The third kappa shape index (κ3) is 3.10. The second-order valence-corrected chi connectivity index (χ2v) is 5.90. The molecule has 5 heteroatoms. The lowest BCUT2D eigenvalue weighted by Gasteiger charge is -2.33. The van der Waals surface area contributed by atoms with Crippen LogP contribution >= 0.6 is 0 Å². The zero-order chi connectivity index (χ0) is 14.2. The first kappa shape index (κ1) is 13.8. The molecule has 0 aromatic heterocycles. The van der Waals surface area contributed by atoms with Crippen LogP contribution < -0.4 is 10.1 Å². The molecule has 0 amide bonds. The van der Waals surface area contributed by atoms with Crippen molar-refractivity contribution < 1.29 is 18.6 Å². The first-order valence-electron chi connectivity index (χ1n) is 7.09. The molecule has 2 N–H and O–H groups in total. The fourth-order valence-corrected chi connectivity index (χ4v) is 2.59. The normalized spacial score (nSPS) is 21.6. The molecule has 2 aliphatic carbocycles. The lowest BCUT2D eigenvalue weighted by molar-refractivity contribution is 0.0829. The van der Waals surface area contributed by atoms with E-state index in [9.17, 15) is 13.9 Å². The molecule has 1 atom stereocenters. The Hall–Kier alpha value is -1.20. The quantitative estimate of drug-likeness (QED) is 0.806. The van der Waals surface area contributed by atoms with Crippen LogP contribution in [0.4, 0.5) is 8.78 Å². The van der Waals surface area contributed by atoms with E-state index in [1.165, 1.54) is 0 Å². The molecule has 110 valence electrons. The summed E-state index contributed by atoms with van der Waals surface area (Å²) in [5.74, 6) is -0.766. The molecule has 2 fully saturated rings. The Kier molecular flexibility index (Phi) is 3.65. The van der Waals surface area contributed by atoms with Crippen LogP contribution in [0.15, 0.2) is 18.2 Å². The summed E-state index contributed by atoms with van der Waals surface area (Å²) in [6.45, 7) is 0.208. The summed E-state index contributed by atoms with van der Waals surface area (Å²) in [6.07, 6.45) is 4.34. The summed E-state index contributed by atoms with van der Waals surface area (Å²) in [6, 6.07) is 3.58. The fourth-order valence-electron chi connectivity index (χ4n) is 2.59. The number of nitrogens with one attached hydrogen (secondary N) is 1. The smallest absolute Gasteiger partial charge is 0.129 e. The number of halogens is 2. The molecule has 3 rings (SSSR count). The molecule has 2 saturated carbocycles. The van der Waals surface area contributed by atoms with E-state index in [2.05, 4.69) is 5.32 Å². The van der Waals surface area contributed by atoms with Gasteiger partial charge in [-0.15, -0.1) is 0 Å². The summed E-state index contributed by atoms with van der Waals surface area (Å²) >= 11 is 0. The van der Waals surface area contributed by atoms with Crippen LogP contribution in [0.25, 0.3) is 0 Å². The number of hydrogen-bond acceptors (Lipinski definition) is 3. The predicted octanol–water partition coefficient (Wildman–Crippen LogP) is 2.24. The lowest BCUT2D eigenvalue weighted by atomic mass is 9.95. The Bertz CT molecular complexity index is 469. The standard InChI is InChI=1S/C15H19F2NO2/c16-11-5-12(17)7-14(6-11)20-9-15(8-19,10-1-2-10)18-13-3-4-13/h5-7,10,13,18-19H,1-4,8-9H2. The second kappa shape index (κ2) is 5.30. The summed E-state index contributed by atoms with van der Waals surface area (Å²) in [5, 5.41) is 13.2. The van der Waals surface area contributed by atoms with E-state index in [-0.39, 0.29) is 19.0 Å². The molecule has 0 aliphatic heterocycles. The number of benzene rings is 1. The van der Waals surface area contributed by atoms with Crippen LogP contribution in [-0.4, -0.2) is 29.9 Å². The third-order valence-electron chi connectivity index (χ3n) is 4.04. The Morgan fingerprint density at radius 1 is 1.15 bits per heavy atom.